The molecule has 4 amide bonds. The van der Waals surface area contributed by atoms with Crippen molar-refractivity contribution in [2.75, 3.05) is 11.9 Å². The molecule has 1 atom stereocenters. The summed E-state index contributed by atoms with van der Waals surface area (Å²) in [6.45, 7) is -0.392. The van der Waals surface area contributed by atoms with Crippen molar-refractivity contribution in [3.8, 4) is 0 Å². The first kappa shape index (κ1) is 18.8. The van der Waals surface area contributed by atoms with Crippen molar-refractivity contribution in [1.82, 2.24) is 10.2 Å². The normalized spacial score (nSPS) is 20.9. The summed E-state index contributed by atoms with van der Waals surface area (Å²) in [4.78, 5) is 38.8. The van der Waals surface area contributed by atoms with Crippen LogP contribution in [0.3, 0.4) is 0 Å². The molecule has 1 spiro atoms. The van der Waals surface area contributed by atoms with Gasteiger partial charge in [0, 0.05) is 6.42 Å². The number of nitrogens with zero attached hydrogens (tertiary/aromatic N) is 1. The second kappa shape index (κ2) is 7.11. The molecule has 0 bridgehead atoms. The number of carbonyl (C=O) groups is 3. The Bertz CT molecular complexity index is 994. The van der Waals surface area contributed by atoms with Gasteiger partial charge in [0.15, 0.2) is 0 Å². The van der Waals surface area contributed by atoms with Gasteiger partial charge < -0.3 is 10.6 Å². The Morgan fingerprint density at radius 2 is 1.86 bits per heavy atom. The number of fused-ring (bicyclic) bond motifs is 1. The lowest BCUT2D eigenvalue weighted by molar-refractivity contribution is -0.134. The van der Waals surface area contributed by atoms with Crippen molar-refractivity contribution < 1.29 is 14.4 Å². The second-order valence-corrected chi connectivity index (χ2v) is 7.78. The minimum Gasteiger partial charge on any atom is -0.323 e. The topological polar surface area (TPSA) is 78.5 Å². The van der Waals surface area contributed by atoms with Crippen molar-refractivity contribution >= 4 is 46.7 Å². The van der Waals surface area contributed by atoms with Crippen molar-refractivity contribution in [3.05, 3.63) is 63.6 Å². The number of amides is 4. The number of urea groups is 1. The number of rotatable bonds is 3. The molecule has 2 aromatic rings. The number of halogens is 2. The highest BCUT2D eigenvalue weighted by Crippen LogP contribution is 2.34. The van der Waals surface area contributed by atoms with E-state index < -0.39 is 24.0 Å². The van der Waals surface area contributed by atoms with Gasteiger partial charge in [-0.3, -0.25) is 14.5 Å². The Hall–Kier alpha value is -2.57. The lowest BCUT2D eigenvalue weighted by Gasteiger charge is -2.32. The molecule has 0 aromatic heterocycles. The molecular formula is C20H17Cl2N3O3. The number of hydrogen-bond acceptors (Lipinski definition) is 3. The summed E-state index contributed by atoms with van der Waals surface area (Å²) in [5.74, 6) is -0.903. The molecule has 1 fully saturated rings. The zero-order valence-electron chi connectivity index (χ0n) is 14.8. The molecule has 144 valence electrons. The van der Waals surface area contributed by atoms with Gasteiger partial charge in [-0.2, -0.15) is 0 Å². The van der Waals surface area contributed by atoms with Crippen LogP contribution in [0.4, 0.5) is 10.5 Å². The largest absolute Gasteiger partial charge is 0.325 e. The van der Waals surface area contributed by atoms with Gasteiger partial charge in [-0.15, -0.1) is 0 Å². The predicted molar refractivity (Wildman–Crippen MR) is 107 cm³/mol. The molecule has 1 heterocycles. The van der Waals surface area contributed by atoms with Crippen molar-refractivity contribution in [1.29, 1.82) is 0 Å². The molecule has 1 aliphatic heterocycles. The molecule has 0 radical (unpaired) electrons. The van der Waals surface area contributed by atoms with Gasteiger partial charge in [-0.1, -0.05) is 53.5 Å². The minimum atomic E-state index is -0.987. The average Bonchev–Trinajstić information content (AvgIpc) is 2.89. The van der Waals surface area contributed by atoms with Gasteiger partial charge in [-0.25, -0.2) is 4.79 Å². The van der Waals surface area contributed by atoms with E-state index in [9.17, 15) is 14.4 Å². The molecular weight excluding hydrogens is 401 g/mol. The van der Waals surface area contributed by atoms with E-state index in [0.717, 1.165) is 10.5 Å². The summed E-state index contributed by atoms with van der Waals surface area (Å²) in [5, 5.41) is 5.91. The average molecular weight is 418 g/mol. The van der Waals surface area contributed by atoms with Crippen molar-refractivity contribution in [2.24, 2.45) is 0 Å². The summed E-state index contributed by atoms with van der Waals surface area (Å²) >= 11 is 12.0. The molecule has 0 saturated carbocycles. The van der Waals surface area contributed by atoms with Crippen molar-refractivity contribution in [2.45, 2.75) is 24.8 Å². The Labute approximate surface area is 171 Å². The Kier molecular flexibility index (Phi) is 4.77. The van der Waals surface area contributed by atoms with Crippen LogP contribution in [0.5, 0.6) is 0 Å². The van der Waals surface area contributed by atoms with Gasteiger partial charge in [0.25, 0.3) is 5.91 Å². The number of carbonyl (C=O) groups excluding carboxylic acids is 3. The van der Waals surface area contributed by atoms with Crippen LogP contribution in [-0.2, 0) is 22.4 Å². The standard InChI is InChI=1S/C20H17Cl2N3O3/c21-14-6-3-7-15(17(14)22)23-16(26)11-25-18(27)20(24-19(25)28)9-8-12-4-1-2-5-13(12)10-20/h1-7H,8-11H2,(H,23,26)(H,24,28). The van der Waals surface area contributed by atoms with E-state index in [1.165, 1.54) is 5.56 Å². The number of benzene rings is 2. The van der Waals surface area contributed by atoms with Crippen LogP contribution in [-0.4, -0.2) is 34.8 Å². The smallest absolute Gasteiger partial charge is 0.323 e. The molecule has 6 nitrogen and oxygen atoms in total. The number of hydrogen-bond donors (Lipinski definition) is 2. The summed E-state index contributed by atoms with van der Waals surface area (Å²) in [6.07, 6.45) is 1.62. The highest BCUT2D eigenvalue weighted by molar-refractivity contribution is 6.44. The molecule has 1 aliphatic carbocycles. The van der Waals surface area contributed by atoms with E-state index in [1.807, 2.05) is 24.3 Å². The summed E-state index contributed by atoms with van der Waals surface area (Å²) in [7, 11) is 0. The van der Waals surface area contributed by atoms with E-state index in [2.05, 4.69) is 10.6 Å². The first-order valence-corrected chi connectivity index (χ1v) is 9.60. The molecule has 2 aliphatic rings. The Morgan fingerprint density at radius 3 is 2.64 bits per heavy atom. The highest BCUT2D eigenvalue weighted by Gasteiger charge is 2.52. The Balaban J connectivity index is 1.49. The van der Waals surface area contributed by atoms with Gasteiger partial charge in [0.1, 0.15) is 12.1 Å². The predicted octanol–water partition coefficient (Wildman–Crippen LogP) is 3.41. The van der Waals surface area contributed by atoms with Crippen LogP contribution >= 0.6 is 23.2 Å². The summed E-state index contributed by atoms with van der Waals surface area (Å²) in [6, 6.07) is 12.2. The third-order valence-corrected chi connectivity index (χ3v) is 6.02. The molecule has 4 rings (SSSR count). The van der Waals surface area contributed by atoms with Gasteiger partial charge in [0.2, 0.25) is 5.91 Å². The first-order chi connectivity index (χ1) is 13.4. The van der Waals surface area contributed by atoms with Crippen LogP contribution in [0.1, 0.15) is 17.5 Å². The van der Waals surface area contributed by atoms with Gasteiger partial charge in [0.05, 0.1) is 15.7 Å². The lowest BCUT2D eigenvalue weighted by Crippen LogP contribution is -2.51. The second-order valence-electron chi connectivity index (χ2n) is 7.00. The first-order valence-electron chi connectivity index (χ1n) is 8.84. The molecule has 1 saturated heterocycles. The summed E-state index contributed by atoms with van der Waals surface area (Å²) < 4.78 is 0. The SMILES string of the molecule is O=C(CN1C(=O)NC2(CCc3ccccc3C2)C1=O)Nc1cccc(Cl)c1Cl. The molecule has 2 aromatic carbocycles. The molecule has 8 heteroatoms. The molecule has 28 heavy (non-hydrogen) atoms. The third-order valence-electron chi connectivity index (χ3n) is 5.21. The molecule has 2 N–H and O–H groups in total. The van der Waals surface area contributed by atoms with Gasteiger partial charge in [-0.05, 0) is 36.1 Å². The summed E-state index contributed by atoms with van der Waals surface area (Å²) in [5.41, 5.74) is 1.56. The zero-order valence-corrected chi connectivity index (χ0v) is 16.3. The highest BCUT2D eigenvalue weighted by atomic mass is 35.5. The van der Waals surface area contributed by atoms with Gasteiger partial charge >= 0.3 is 6.03 Å². The number of nitrogens with one attached hydrogen (secondary N) is 2. The maximum absolute atomic E-state index is 13.0. The number of imide groups is 1. The van der Waals surface area contributed by atoms with E-state index >= 15 is 0 Å². The molecule has 1 unspecified atom stereocenters. The fourth-order valence-electron chi connectivity index (χ4n) is 3.78. The third kappa shape index (κ3) is 3.23. The van der Waals surface area contributed by atoms with E-state index in [0.29, 0.717) is 30.0 Å². The van der Waals surface area contributed by atoms with Crippen LogP contribution < -0.4 is 10.6 Å². The maximum Gasteiger partial charge on any atom is 0.325 e. The minimum absolute atomic E-state index is 0.204. The van der Waals surface area contributed by atoms with E-state index in [1.54, 1.807) is 18.2 Å². The van der Waals surface area contributed by atoms with Crippen LogP contribution in [0.2, 0.25) is 10.0 Å². The number of anilines is 1. The monoisotopic (exact) mass is 417 g/mol. The lowest BCUT2D eigenvalue weighted by atomic mass is 9.78. The van der Waals surface area contributed by atoms with E-state index in [4.69, 9.17) is 23.2 Å². The Morgan fingerprint density at radius 1 is 1.11 bits per heavy atom. The van der Waals surface area contributed by atoms with E-state index in [-0.39, 0.29) is 10.9 Å². The van der Waals surface area contributed by atoms with Crippen LogP contribution in [0.15, 0.2) is 42.5 Å². The van der Waals surface area contributed by atoms with Crippen LogP contribution in [0, 0.1) is 0 Å². The zero-order chi connectivity index (χ0) is 19.9. The van der Waals surface area contributed by atoms with Crippen LogP contribution in [0.25, 0.3) is 0 Å². The van der Waals surface area contributed by atoms with Crippen molar-refractivity contribution in [3.63, 3.8) is 0 Å². The number of aryl methyl sites for hydroxylation is 1. The fraction of sp³-hybridized carbons (Fsp3) is 0.250. The quantitative estimate of drug-likeness (QED) is 0.750. The fourth-order valence-corrected chi connectivity index (χ4v) is 4.13. The maximum atomic E-state index is 13.0.